The van der Waals surface area contributed by atoms with Crippen LogP contribution in [0.2, 0.25) is 5.02 Å². The molecule has 3 aromatic rings. The van der Waals surface area contributed by atoms with Crippen molar-refractivity contribution in [2.45, 2.75) is 56.7 Å². The standard InChI is InChI=1S/C41H51ClN6O8S/c1-25-22-57(52,45-38(50)31-21-47(4)43-39(31)54-6)44-37(49)27-10-14-36-33(19-27)48(23-41(24-55-36)17-7-8-26-18-29(42)11-13-32(26)41)20-28-9-12-30(28)35(53-5)16-15-34(25)56-40(51)46(2)3/h10-11,13-16,18-19,21,25,28,30,34-35H,7-9,12,17,20,22-24H2,1-6H3,(H,44,45,49,50,52)/b16-15-/t25-,28+,30-,34+,35+,41+,57?/m1/s1. The number of anilines is 1. The van der Waals surface area contributed by atoms with E-state index in [1.807, 2.05) is 12.1 Å². The van der Waals surface area contributed by atoms with Gasteiger partial charge in [-0.2, -0.15) is 0 Å². The maximum absolute atomic E-state index is 15.0. The van der Waals surface area contributed by atoms with Gasteiger partial charge in [-0.05, 0) is 91.5 Å². The molecule has 14 nitrogen and oxygen atoms in total. The van der Waals surface area contributed by atoms with E-state index in [1.54, 1.807) is 59.5 Å². The van der Waals surface area contributed by atoms with Crippen molar-refractivity contribution in [3.05, 3.63) is 82.0 Å². The second-order valence-corrected chi connectivity index (χ2v) is 18.4. The summed E-state index contributed by atoms with van der Waals surface area (Å²) in [4.78, 5) is 44.6. The maximum atomic E-state index is 15.0. The molecule has 306 valence electrons. The Morgan fingerprint density at radius 3 is 2.61 bits per heavy atom. The number of fused-ring (bicyclic) bond motifs is 4. The molecule has 2 aromatic carbocycles. The molecule has 7 rings (SSSR count). The van der Waals surface area contributed by atoms with Gasteiger partial charge in [-0.25, -0.2) is 9.00 Å². The summed E-state index contributed by atoms with van der Waals surface area (Å²) in [5.41, 5.74) is 3.05. The van der Waals surface area contributed by atoms with E-state index in [9.17, 15) is 18.6 Å². The minimum atomic E-state index is -3.89. The summed E-state index contributed by atoms with van der Waals surface area (Å²) in [6.45, 7) is 3.49. The average molecular weight is 823 g/mol. The lowest BCUT2D eigenvalue weighted by Crippen LogP contribution is -2.49. The number of nitrogens with zero attached hydrogens (tertiary/aromatic N) is 5. The number of ether oxygens (including phenoxy) is 4. The third kappa shape index (κ3) is 8.37. The number of aryl methyl sites for hydroxylation is 2. The summed E-state index contributed by atoms with van der Waals surface area (Å²) in [6, 6.07) is 11.3. The van der Waals surface area contributed by atoms with Crippen molar-refractivity contribution in [3.63, 3.8) is 0 Å². The largest absolute Gasteiger partial charge is 0.490 e. The van der Waals surface area contributed by atoms with Gasteiger partial charge in [0.05, 0.1) is 31.3 Å². The van der Waals surface area contributed by atoms with Crippen LogP contribution in [-0.4, -0.2) is 103 Å². The number of carbonyl (C=O) groups is 3. The molecule has 57 heavy (non-hydrogen) atoms. The molecule has 2 bridgehead atoms. The Bertz CT molecular complexity index is 2200. The summed E-state index contributed by atoms with van der Waals surface area (Å²) < 4.78 is 47.1. The number of methoxy groups -OCH3 is 2. The van der Waals surface area contributed by atoms with E-state index in [2.05, 4.69) is 31.2 Å². The Balaban J connectivity index is 1.34. The summed E-state index contributed by atoms with van der Waals surface area (Å²) >= 11 is 6.48. The second-order valence-electron chi connectivity index (χ2n) is 16.0. The SMILES string of the molecule is COc1nn(C)cc1C(=O)NS1(=O)=NC(=O)c2ccc3c(c2)N(C[C@@H]2CC[C@H]2[C@@H](OC)/C=C\[C@H](OC(=O)N(C)C)[C@H](C)C1)C[C@@]1(CCCc2cc(Cl)ccc21)CO3. The first-order valence-electron chi connectivity index (χ1n) is 19.3. The van der Waals surface area contributed by atoms with Crippen LogP contribution in [0.25, 0.3) is 0 Å². The molecule has 1 saturated carbocycles. The van der Waals surface area contributed by atoms with Crippen molar-refractivity contribution in [2.75, 3.05) is 58.7 Å². The zero-order valence-electron chi connectivity index (χ0n) is 33.2. The lowest BCUT2D eigenvalue weighted by atomic mass is 9.68. The van der Waals surface area contributed by atoms with Gasteiger partial charge >= 0.3 is 6.09 Å². The van der Waals surface area contributed by atoms with Crippen molar-refractivity contribution in [1.29, 1.82) is 0 Å². The molecule has 7 atom stereocenters. The predicted molar refractivity (Wildman–Crippen MR) is 216 cm³/mol. The van der Waals surface area contributed by atoms with Crippen molar-refractivity contribution in [2.24, 2.45) is 29.2 Å². The highest BCUT2D eigenvalue weighted by molar-refractivity contribution is 7.92. The van der Waals surface area contributed by atoms with Crippen molar-refractivity contribution >= 4 is 45.1 Å². The molecule has 0 saturated heterocycles. The van der Waals surface area contributed by atoms with Gasteiger partial charge in [0.2, 0.25) is 5.88 Å². The molecule has 3 heterocycles. The number of hydrogen-bond donors (Lipinski definition) is 1. The van der Waals surface area contributed by atoms with E-state index in [4.69, 9.17) is 30.5 Å². The zero-order chi connectivity index (χ0) is 40.6. The van der Waals surface area contributed by atoms with E-state index in [-0.39, 0.29) is 46.1 Å². The molecule has 2 aliphatic heterocycles. The smallest absolute Gasteiger partial charge is 0.409 e. The van der Waals surface area contributed by atoms with Crippen LogP contribution in [0.4, 0.5) is 10.5 Å². The average Bonchev–Trinajstić information content (AvgIpc) is 3.48. The number of halogens is 1. The van der Waals surface area contributed by atoms with Crippen LogP contribution >= 0.6 is 11.6 Å². The Hall–Kier alpha value is -4.60. The molecule has 4 aliphatic rings. The van der Waals surface area contributed by atoms with Crippen LogP contribution in [0.3, 0.4) is 0 Å². The fraction of sp³-hybridized carbons (Fsp3) is 0.512. The Labute approximate surface area is 339 Å². The van der Waals surface area contributed by atoms with Gasteiger partial charge in [0, 0.05) is 69.5 Å². The van der Waals surface area contributed by atoms with E-state index in [0.29, 0.717) is 30.5 Å². The van der Waals surface area contributed by atoms with Crippen LogP contribution in [0, 0.1) is 17.8 Å². The molecule has 1 unspecified atom stereocenters. The molecule has 1 fully saturated rings. The van der Waals surface area contributed by atoms with Crippen LogP contribution in [0.5, 0.6) is 11.6 Å². The number of carbonyl (C=O) groups excluding carboxylic acids is 3. The number of rotatable bonds is 5. The molecule has 2 aliphatic carbocycles. The lowest BCUT2D eigenvalue weighted by molar-refractivity contribution is 0.0120. The number of amides is 3. The Kier molecular flexibility index (Phi) is 11.6. The maximum Gasteiger partial charge on any atom is 0.409 e. The van der Waals surface area contributed by atoms with Crippen molar-refractivity contribution in [1.82, 2.24) is 19.4 Å². The minimum Gasteiger partial charge on any atom is -0.490 e. The molecule has 1 aromatic heterocycles. The van der Waals surface area contributed by atoms with E-state index in [1.165, 1.54) is 34.0 Å². The molecule has 3 amide bonds. The second kappa shape index (κ2) is 16.3. The first-order valence-corrected chi connectivity index (χ1v) is 21.4. The molecule has 1 N–H and O–H groups in total. The van der Waals surface area contributed by atoms with Crippen LogP contribution in [0.1, 0.15) is 64.4 Å². The highest BCUT2D eigenvalue weighted by Gasteiger charge is 2.44. The van der Waals surface area contributed by atoms with Gasteiger partial charge < -0.3 is 28.7 Å². The normalized spacial score (nSPS) is 29.0. The Morgan fingerprint density at radius 2 is 1.89 bits per heavy atom. The summed E-state index contributed by atoms with van der Waals surface area (Å²) in [7, 11) is 3.91. The van der Waals surface area contributed by atoms with Crippen molar-refractivity contribution in [3.8, 4) is 11.6 Å². The van der Waals surface area contributed by atoms with Crippen LogP contribution in [0.15, 0.2) is 59.1 Å². The zero-order valence-corrected chi connectivity index (χ0v) is 34.8. The van der Waals surface area contributed by atoms with E-state index in [0.717, 1.165) is 37.8 Å². The number of nitrogens with one attached hydrogen (secondary N) is 1. The van der Waals surface area contributed by atoms with Gasteiger partial charge in [-0.1, -0.05) is 30.7 Å². The number of hydrogen-bond acceptors (Lipinski definition) is 10. The fourth-order valence-corrected chi connectivity index (χ4v) is 10.8. The molecular weight excluding hydrogens is 772 g/mol. The summed E-state index contributed by atoms with van der Waals surface area (Å²) in [5.74, 6) is -1.55. The van der Waals surface area contributed by atoms with E-state index >= 15 is 0 Å². The highest BCUT2D eigenvalue weighted by atomic mass is 35.5. The Morgan fingerprint density at radius 1 is 1.11 bits per heavy atom. The molecule has 1 spiro atoms. The van der Waals surface area contributed by atoms with Gasteiger partial charge in [0.25, 0.3) is 11.8 Å². The van der Waals surface area contributed by atoms with Crippen LogP contribution in [-0.2, 0) is 38.3 Å². The first-order chi connectivity index (χ1) is 27.2. The third-order valence-corrected chi connectivity index (χ3v) is 13.9. The van der Waals surface area contributed by atoms with Gasteiger partial charge in [0.1, 0.15) is 27.3 Å². The highest BCUT2D eigenvalue weighted by Crippen LogP contribution is 2.47. The van der Waals surface area contributed by atoms with Gasteiger partial charge in [0.15, 0.2) is 0 Å². The third-order valence-electron chi connectivity index (χ3n) is 11.8. The number of aromatic nitrogens is 2. The molecule has 16 heteroatoms. The van der Waals surface area contributed by atoms with Crippen LogP contribution < -0.4 is 19.1 Å². The summed E-state index contributed by atoms with van der Waals surface area (Å²) in [6.07, 6.45) is 8.02. The lowest BCUT2D eigenvalue weighted by Gasteiger charge is -2.46. The van der Waals surface area contributed by atoms with Gasteiger partial charge in [-0.3, -0.25) is 19.0 Å². The number of benzene rings is 2. The van der Waals surface area contributed by atoms with Crippen molar-refractivity contribution < 1.29 is 37.5 Å². The summed E-state index contributed by atoms with van der Waals surface area (Å²) in [5, 5.41) is 4.85. The predicted octanol–water partition coefficient (Wildman–Crippen LogP) is 5.82. The first kappa shape index (κ1) is 40.6. The molecule has 0 radical (unpaired) electrons. The quantitative estimate of drug-likeness (QED) is 0.312. The molecular formula is C41H51ClN6O8S. The fourth-order valence-electron chi connectivity index (χ4n) is 8.68. The topological polar surface area (TPSA) is 154 Å². The minimum absolute atomic E-state index is 0.0111. The monoisotopic (exact) mass is 822 g/mol. The van der Waals surface area contributed by atoms with E-state index < -0.39 is 39.8 Å². The van der Waals surface area contributed by atoms with Gasteiger partial charge in [-0.15, -0.1) is 9.46 Å².